The summed E-state index contributed by atoms with van der Waals surface area (Å²) in [5.74, 6) is 0.911. The topological polar surface area (TPSA) is 26.3 Å². The van der Waals surface area contributed by atoms with Gasteiger partial charge in [-0.3, -0.25) is 4.79 Å². The molecule has 0 N–H and O–H groups in total. The molecule has 0 aromatic carbocycles. The molecule has 2 heteroatoms. The normalized spacial score (nSPS) is 11.8. The van der Waals surface area contributed by atoms with Gasteiger partial charge in [0, 0.05) is 6.42 Å². The number of hydrogen-bond acceptors (Lipinski definition) is 2. The predicted octanol–water partition coefficient (Wildman–Crippen LogP) is 17.4. The van der Waals surface area contributed by atoms with Crippen LogP contribution in [0.5, 0.6) is 0 Å². The molecule has 298 valence electrons. The van der Waals surface area contributed by atoms with Gasteiger partial charge in [-0.2, -0.15) is 0 Å². The van der Waals surface area contributed by atoms with E-state index in [-0.39, 0.29) is 5.97 Å². The second-order valence-corrected chi connectivity index (χ2v) is 16.6. The minimum atomic E-state index is 0.0274. The van der Waals surface area contributed by atoms with Crippen molar-refractivity contribution in [3.63, 3.8) is 0 Å². The highest BCUT2D eigenvalue weighted by molar-refractivity contribution is 5.69. The molecule has 0 aliphatic carbocycles. The van der Waals surface area contributed by atoms with Crippen molar-refractivity contribution >= 4 is 5.97 Å². The lowest BCUT2D eigenvalue weighted by atomic mass is 10.0. The van der Waals surface area contributed by atoms with Crippen molar-refractivity contribution in [2.45, 2.75) is 278 Å². The third kappa shape index (κ3) is 45.2. The molecule has 0 spiro atoms. The van der Waals surface area contributed by atoms with E-state index in [9.17, 15) is 4.79 Å². The van der Waals surface area contributed by atoms with E-state index in [1.165, 1.54) is 238 Å². The van der Waals surface area contributed by atoms with Gasteiger partial charge < -0.3 is 4.74 Å². The molecule has 0 aromatic heterocycles. The molecule has 0 aliphatic heterocycles. The van der Waals surface area contributed by atoms with E-state index in [2.05, 4.69) is 32.9 Å². The Hall–Kier alpha value is -0.790. The summed E-state index contributed by atoms with van der Waals surface area (Å²) in [5.41, 5.74) is 0. The Balaban J connectivity index is 3.17. The SMILES string of the molecule is CCCCCCCCC=CCCCCCCCCCCCC(=O)OCCCCCCCCCCCCCCCCCCCCCCCC(C)C. The molecule has 50 heavy (non-hydrogen) atoms. The Bertz CT molecular complexity index is 653. The molecular weight excluding hydrogens is 609 g/mol. The highest BCUT2D eigenvalue weighted by atomic mass is 16.5. The number of rotatable bonds is 43. The van der Waals surface area contributed by atoms with Gasteiger partial charge in [0.25, 0.3) is 0 Å². The Morgan fingerprint density at radius 1 is 0.400 bits per heavy atom. The molecule has 0 aliphatic rings. The lowest BCUT2D eigenvalue weighted by Gasteiger charge is -2.06. The van der Waals surface area contributed by atoms with Gasteiger partial charge >= 0.3 is 5.97 Å². The van der Waals surface area contributed by atoms with Crippen LogP contribution in [0.15, 0.2) is 12.2 Å². The average Bonchev–Trinajstić information content (AvgIpc) is 3.11. The largest absolute Gasteiger partial charge is 0.466 e. The van der Waals surface area contributed by atoms with Crippen LogP contribution >= 0.6 is 0 Å². The first-order valence-electron chi connectivity index (χ1n) is 23.5. The van der Waals surface area contributed by atoms with Crippen molar-refractivity contribution < 1.29 is 9.53 Å². The quantitative estimate of drug-likeness (QED) is 0.0359. The third-order valence-electron chi connectivity index (χ3n) is 10.8. The standard InChI is InChI=1S/C48H94O2/c1-4-5-6-7-8-9-10-11-12-13-17-21-24-27-30-33-36-39-42-45-48(49)50-46-43-40-37-34-31-28-25-22-19-16-14-15-18-20-23-26-29-32-35-38-41-44-47(2)3/h11-12,47H,4-10,13-46H2,1-3H3. The number of carbonyl (C=O) groups is 1. The Labute approximate surface area is 316 Å². The molecule has 0 fully saturated rings. The fraction of sp³-hybridized carbons (Fsp3) is 0.938. The van der Waals surface area contributed by atoms with Crippen LogP contribution in [-0.2, 0) is 9.53 Å². The van der Waals surface area contributed by atoms with Crippen LogP contribution in [0.4, 0.5) is 0 Å². The highest BCUT2D eigenvalue weighted by Gasteiger charge is 2.03. The maximum atomic E-state index is 12.0. The first-order chi connectivity index (χ1) is 24.7. The zero-order chi connectivity index (χ0) is 36.3. The molecule has 0 aromatic rings. The number of esters is 1. The number of ether oxygens (including phenoxy) is 1. The van der Waals surface area contributed by atoms with Crippen LogP contribution in [-0.4, -0.2) is 12.6 Å². The van der Waals surface area contributed by atoms with Gasteiger partial charge in [0.2, 0.25) is 0 Å². The lowest BCUT2D eigenvalue weighted by Crippen LogP contribution is -2.05. The zero-order valence-electron chi connectivity index (χ0n) is 35.0. The van der Waals surface area contributed by atoms with Gasteiger partial charge in [-0.25, -0.2) is 0 Å². The van der Waals surface area contributed by atoms with Crippen LogP contribution < -0.4 is 0 Å². The van der Waals surface area contributed by atoms with E-state index in [4.69, 9.17) is 4.74 Å². The van der Waals surface area contributed by atoms with Gasteiger partial charge in [-0.15, -0.1) is 0 Å². The molecule has 0 bridgehead atoms. The van der Waals surface area contributed by atoms with Gasteiger partial charge in [0.05, 0.1) is 6.61 Å². The smallest absolute Gasteiger partial charge is 0.305 e. The second kappa shape index (κ2) is 44.4. The van der Waals surface area contributed by atoms with Crippen molar-refractivity contribution in [1.29, 1.82) is 0 Å². The fourth-order valence-corrected chi connectivity index (χ4v) is 7.32. The van der Waals surface area contributed by atoms with Crippen LogP contribution in [0.2, 0.25) is 0 Å². The summed E-state index contributed by atoms with van der Waals surface area (Å²) in [4.78, 5) is 12.0. The molecule has 0 saturated carbocycles. The summed E-state index contributed by atoms with van der Waals surface area (Å²) in [7, 11) is 0. The van der Waals surface area contributed by atoms with Gasteiger partial charge in [-0.1, -0.05) is 245 Å². The summed E-state index contributed by atoms with van der Waals surface area (Å²) in [5, 5.41) is 0. The minimum absolute atomic E-state index is 0.0274. The van der Waals surface area contributed by atoms with E-state index in [1.807, 2.05) is 0 Å². The van der Waals surface area contributed by atoms with Crippen molar-refractivity contribution in [1.82, 2.24) is 0 Å². The first-order valence-corrected chi connectivity index (χ1v) is 23.5. The van der Waals surface area contributed by atoms with E-state index in [0.717, 1.165) is 18.8 Å². The van der Waals surface area contributed by atoms with Gasteiger partial charge in [0.15, 0.2) is 0 Å². The van der Waals surface area contributed by atoms with Crippen molar-refractivity contribution in [3.8, 4) is 0 Å². The van der Waals surface area contributed by atoms with Crippen molar-refractivity contribution in [3.05, 3.63) is 12.2 Å². The third-order valence-corrected chi connectivity index (χ3v) is 10.8. The van der Waals surface area contributed by atoms with Crippen LogP contribution in [0.1, 0.15) is 278 Å². The molecule has 0 heterocycles. The van der Waals surface area contributed by atoms with Crippen molar-refractivity contribution in [2.24, 2.45) is 5.92 Å². The van der Waals surface area contributed by atoms with Crippen LogP contribution in [0.3, 0.4) is 0 Å². The Morgan fingerprint density at radius 3 is 1.06 bits per heavy atom. The van der Waals surface area contributed by atoms with E-state index < -0.39 is 0 Å². The lowest BCUT2D eigenvalue weighted by molar-refractivity contribution is -0.143. The number of unbranched alkanes of at least 4 members (excludes halogenated alkanes) is 35. The van der Waals surface area contributed by atoms with E-state index in [0.29, 0.717) is 13.0 Å². The highest BCUT2D eigenvalue weighted by Crippen LogP contribution is 2.17. The molecule has 0 amide bonds. The predicted molar refractivity (Wildman–Crippen MR) is 225 cm³/mol. The van der Waals surface area contributed by atoms with E-state index in [1.54, 1.807) is 0 Å². The average molecular weight is 703 g/mol. The molecule has 0 unspecified atom stereocenters. The summed E-state index contributed by atoms with van der Waals surface area (Å²) in [6.07, 6.45) is 59.0. The maximum absolute atomic E-state index is 12.0. The van der Waals surface area contributed by atoms with Crippen LogP contribution in [0.25, 0.3) is 0 Å². The molecular formula is C48H94O2. The number of hydrogen-bond donors (Lipinski definition) is 0. The minimum Gasteiger partial charge on any atom is -0.466 e. The molecule has 0 saturated heterocycles. The zero-order valence-corrected chi connectivity index (χ0v) is 35.0. The Kier molecular flexibility index (Phi) is 43.7. The summed E-state index contributed by atoms with van der Waals surface area (Å²) >= 11 is 0. The maximum Gasteiger partial charge on any atom is 0.305 e. The summed E-state index contributed by atoms with van der Waals surface area (Å²) < 4.78 is 5.48. The monoisotopic (exact) mass is 703 g/mol. The van der Waals surface area contributed by atoms with Crippen molar-refractivity contribution in [2.75, 3.05) is 6.61 Å². The first kappa shape index (κ1) is 49.2. The molecule has 2 nitrogen and oxygen atoms in total. The van der Waals surface area contributed by atoms with Gasteiger partial charge in [0.1, 0.15) is 0 Å². The van der Waals surface area contributed by atoms with E-state index >= 15 is 0 Å². The molecule has 0 atom stereocenters. The van der Waals surface area contributed by atoms with Gasteiger partial charge in [-0.05, 0) is 44.4 Å². The number of allylic oxidation sites excluding steroid dienone is 2. The summed E-state index contributed by atoms with van der Waals surface area (Å²) in [6.45, 7) is 7.61. The molecule has 0 rings (SSSR count). The van der Waals surface area contributed by atoms with Crippen LogP contribution in [0, 0.1) is 5.92 Å². The fourth-order valence-electron chi connectivity index (χ4n) is 7.32. The number of carbonyl (C=O) groups excluding carboxylic acids is 1. The summed E-state index contributed by atoms with van der Waals surface area (Å²) in [6, 6.07) is 0. The molecule has 0 radical (unpaired) electrons. The second-order valence-electron chi connectivity index (χ2n) is 16.6. The Morgan fingerprint density at radius 2 is 0.700 bits per heavy atom.